The third kappa shape index (κ3) is 4.21. The van der Waals surface area contributed by atoms with Gasteiger partial charge in [-0.3, -0.25) is 4.79 Å². The molecule has 1 unspecified atom stereocenters. The van der Waals surface area contributed by atoms with Crippen LogP contribution in [-0.2, 0) is 4.79 Å². The van der Waals surface area contributed by atoms with Crippen LogP contribution in [0.1, 0.15) is 17.3 Å². The molecule has 2 heterocycles. The molecule has 0 spiro atoms. The number of nitrogens with one attached hydrogen (secondary N) is 1. The van der Waals surface area contributed by atoms with Gasteiger partial charge in [0.05, 0.1) is 23.5 Å². The average Bonchev–Trinajstić information content (AvgIpc) is 3.34. The summed E-state index contributed by atoms with van der Waals surface area (Å²) < 4.78 is 7.12. The van der Waals surface area contributed by atoms with Crippen molar-refractivity contribution in [3.63, 3.8) is 0 Å². The second kappa shape index (κ2) is 9.64. The molecule has 4 aromatic rings. The number of amides is 1. The van der Waals surface area contributed by atoms with Crippen molar-refractivity contribution in [2.45, 2.75) is 13.1 Å². The number of nitrogens with zero attached hydrogens (tertiary/aromatic N) is 4. The smallest absolute Gasteiger partial charge is 0.266 e. The first-order valence-electron chi connectivity index (χ1n) is 11.3. The predicted octanol–water partition coefficient (Wildman–Crippen LogP) is 5.16. The minimum absolute atomic E-state index is 0.0439. The van der Waals surface area contributed by atoms with Crippen LogP contribution >= 0.6 is 12.6 Å². The van der Waals surface area contributed by atoms with Crippen LogP contribution in [0.2, 0.25) is 0 Å². The van der Waals surface area contributed by atoms with Crippen LogP contribution in [0.15, 0.2) is 95.7 Å². The number of carbonyl (C=O) groups is 1. The molecule has 8 heteroatoms. The zero-order chi connectivity index (χ0) is 25.2. The van der Waals surface area contributed by atoms with Gasteiger partial charge in [-0.15, -0.1) is 12.6 Å². The zero-order valence-corrected chi connectivity index (χ0v) is 20.6. The van der Waals surface area contributed by atoms with E-state index in [9.17, 15) is 10.1 Å². The molecule has 7 nitrogen and oxygen atoms in total. The van der Waals surface area contributed by atoms with Crippen LogP contribution in [0.25, 0.3) is 16.9 Å². The Kier molecular flexibility index (Phi) is 6.23. The molecule has 1 aliphatic heterocycles. The van der Waals surface area contributed by atoms with Gasteiger partial charge in [-0.25, -0.2) is 4.68 Å². The number of hydrogen-bond acceptors (Lipinski definition) is 6. The third-order valence-electron chi connectivity index (χ3n) is 6.02. The first-order chi connectivity index (χ1) is 17.5. The van der Waals surface area contributed by atoms with Crippen molar-refractivity contribution < 1.29 is 9.53 Å². The standard InChI is InChI=1S/C28H23N5O2S/c1-18-7-6-10-21(15-18)33-26(30-27(34)23(16-29)28(33)36)24-17-32(20-8-4-3-5-9-20)31-25(24)19-11-13-22(35-2)14-12-19/h3-15,17,26,36H,1-2H3,(H,30,34). The van der Waals surface area contributed by atoms with E-state index in [1.54, 1.807) is 11.8 Å². The molecular weight excluding hydrogens is 470 g/mol. The molecule has 5 rings (SSSR count). The molecule has 1 aromatic heterocycles. The molecule has 1 amide bonds. The van der Waals surface area contributed by atoms with E-state index in [1.165, 1.54) is 0 Å². The molecule has 36 heavy (non-hydrogen) atoms. The summed E-state index contributed by atoms with van der Waals surface area (Å²) in [6.07, 6.45) is 1.25. The Labute approximate surface area is 214 Å². The lowest BCUT2D eigenvalue weighted by atomic mass is 10.0. The summed E-state index contributed by atoms with van der Waals surface area (Å²) in [5.41, 5.74) is 4.96. The lowest BCUT2D eigenvalue weighted by molar-refractivity contribution is -0.118. The summed E-state index contributed by atoms with van der Waals surface area (Å²) in [6.45, 7) is 1.99. The van der Waals surface area contributed by atoms with Crippen LogP contribution in [-0.4, -0.2) is 22.8 Å². The maximum atomic E-state index is 13.0. The highest BCUT2D eigenvalue weighted by Crippen LogP contribution is 2.39. The highest BCUT2D eigenvalue weighted by Gasteiger charge is 2.36. The zero-order valence-electron chi connectivity index (χ0n) is 19.7. The fraction of sp³-hybridized carbons (Fsp3) is 0.107. The number of rotatable bonds is 5. The number of thiol groups is 1. The first-order valence-corrected chi connectivity index (χ1v) is 11.7. The summed E-state index contributed by atoms with van der Waals surface area (Å²) in [6, 6.07) is 27.2. The third-order valence-corrected chi connectivity index (χ3v) is 6.46. The van der Waals surface area contributed by atoms with Crippen LogP contribution in [0.5, 0.6) is 5.75 Å². The van der Waals surface area contributed by atoms with E-state index < -0.39 is 12.1 Å². The maximum absolute atomic E-state index is 13.0. The number of aryl methyl sites for hydroxylation is 1. The van der Waals surface area contributed by atoms with Crippen molar-refractivity contribution in [3.05, 3.63) is 107 Å². The van der Waals surface area contributed by atoms with Crippen LogP contribution in [0.4, 0.5) is 5.69 Å². The minimum atomic E-state index is -0.654. The Balaban J connectivity index is 1.73. The van der Waals surface area contributed by atoms with E-state index in [0.717, 1.165) is 33.8 Å². The second-order valence-corrected chi connectivity index (χ2v) is 8.76. The van der Waals surface area contributed by atoms with Crippen molar-refractivity contribution in [2.24, 2.45) is 0 Å². The average molecular weight is 494 g/mol. The van der Waals surface area contributed by atoms with Gasteiger partial charge in [0.25, 0.3) is 5.91 Å². The van der Waals surface area contributed by atoms with Crippen molar-refractivity contribution >= 4 is 24.2 Å². The molecule has 0 saturated carbocycles. The van der Waals surface area contributed by atoms with Crippen LogP contribution in [0, 0.1) is 18.3 Å². The molecule has 0 saturated heterocycles. The molecular formula is C28H23N5O2S. The molecule has 0 radical (unpaired) electrons. The highest BCUT2D eigenvalue weighted by molar-refractivity contribution is 7.84. The van der Waals surface area contributed by atoms with E-state index in [0.29, 0.717) is 5.69 Å². The van der Waals surface area contributed by atoms with E-state index in [-0.39, 0.29) is 10.6 Å². The second-order valence-electron chi connectivity index (χ2n) is 8.34. The summed E-state index contributed by atoms with van der Waals surface area (Å²) in [5.74, 6) is 0.249. The van der Waals surface area contributed by atoms with Gasteiger partial charge in [0.15, 0.2) is 0 Å². The van der Waals surface area contributed by atoms with Gasteiger partial charge in [0.2, 0.25) is 0 Å². The number of ether oxygens (including phenoxy) is 1. The number of benzene rings is 3. The van der Waals surface area contributed by atoms with Crippen LogP contribution in [0.3, 0.4) is 0 Å². The summed E-state index contributed by atoms with van der Waals surface area (Å²) in [4.78, 5) is 14.8. The number of hydrogen-bond donors (Lipinski definition) is 2. The van der Waals surface area contributed by atoms with E-state index in [2.05, 4.69) is 17.9 Å². The molecule has 0 fully saturated rings. The number of aromatic nitrogens is 2. The summed E-state index contributed by atoms with van der Waals surface area (Å²) >= 11 is 4.65. The van der Waals surface area contributed by atoms with Gasteiger partial charge in [0, 0.05) is 23.0 Å². The largest absolute Gasteiger partial charge is 0.497 e. The molecule has 1 aliphatic rings. The van der Waals surface area contributed by atoms with Crippen molar-refractivity contribution in [1.29, 1.82) is 5.26 Å². The molecule has 178 valence electrons. The molecule has 0 bridgehead atoms. The van der Waals surface area contributed by atoms with Gasteiger partial charge in [-0.1, -0.05) is 30.3 Å². The maximum Gasteiger partial charge on any atom is 0.266 e. The molecule has 1 N–H and O–H groups in total. The van der Waals surface area contributed by atoms with Gasteiger partial charge >= 0.3 is 0 Å². The number of nitriles is 1. The minimum Gasteiger partial charge on any atom is -0.497 e. The lowest BCUT2D eigenvalue weighted by Gasteiger charge is -2.37. The fourth-order valence-corrected chi connectivity index (χ4v) is 4.63. The highest BCUT2D eigenvalue weighted by atomic mass is 32.1. The number of carbonyl (C=O) groups excluding carboxylic acids is 1. The fourth-order valence-electron chi connectivity index (χ4n) is 4.25. The Morgan fingerprint density at radius 3 is 2.42 bits per heavy atom. The van der Waals surface area contributed by atoms with Crippen molar-refractivity contribution in [3.8, 4) is 28.8 Å². The van der Waals surface area contributed by atoms with Gasteiger partial charge in [-0.05, 0) is 61.0 Å². The van der Waals surface area contributed by atoms with Gasteiger partial charge < -0.3 is 15.0 Å². The Morgan fingerprint density at radius 2 is 1.75 bits per heavy atom. The monoisotopic (exact) mass is 493 g/mol. The van der Waals surface area contributed by atoms with Crippen molar-refractivity contribution in [1.82, 2.24) is 15.1 Å². The SMILES string of the molecule is COc1ccc(-c2nn(-c3ccccc3)cc2C2NC(=O)C(C#N)=C(S)N2c2cccc(C)c2)cc1. The number of methoxy groups -OCH3 is 1. The number of para-hydroxylation sites is 1. The van der Waals surface area contributed by atoms with Crippen LogP contribution < -0.4 is 15.0 Å². The van der Waals surface area contributed by atoms with E-state index in [1.807, 2.05) is 103 Å². The number of anilines is 1. The Hall–Kier alpha value is -4.48. The summed E-state index contributed by atoms with van der Waals surface area (Å²) in [7, 11) is 1.62. The Morgan fingerprint density at radius 1 is 1.03 bits per heavy atom. The predicted molar refractivity (Wildman–Crippen MR) is 142 cm³/mol. The van der Waals surface area contributed by atoms with Gasteiger partial charge in [0.1, 0.15) is 23.6 Å². The Bertz CT molecular complexity index is 1500. The molecule has 0 aliphatic carbocycles. The van der Waals surface area contributed by atoms with E-state index in [4.69, 9.17) is 9.84 Å². The molecule has 3 aromatic carbocycles. The normalized spacial score (nSPS) is 15.4. The lowest BCUT2D eigenvalue weighted by Crippen LogP contribution is -2.46. The van der Waals surface area contributed by atoms with Crippen molar-refractivity contribution in [2.75, 3.05) is 12.0 Å². The first kappa shape index (κ1) is 23.3. The quantitative estimate of drug-likeness (QED) is 0.376. The van der Waals surface area contributed by atoms with E-state index >= 15 is 0 Å². The van der Waals surface area contributed by atoms with Gasteiger partial charge in [-0.2, -0.15) is 10.4 Å². The summed E-state index contributed by atoms with van der Waals surface area (Å²) in [5, 5.41) is 17.9. The molecule has 1 atom stereocenters. The topological polar surface area (TPSA) is 83.2 Å².